The van der Waals surface area contributed by atoms with Crippen LogP contribution >= 0.6 is 11.8 Å². The molecule has 23 heavy (non-hydrogen) atoms. The van der Waals surface area contributed by atoms with Crippen molar-refractivity contribution in [3.8, 4) is 0 Å². The number of amides is 1. The molecular weight excluding hydrogens is 308 g/mol. The second-order valence-corrected chi connectivity index (χ2v) is 8.23. The lowest BCUT2D eigenvalue weighted by atomic mass is 10.1. The number of aryl methyl sites for hydroxylation is 1. The summed E-state index contributed by atoms with van der Waals surface area (Å²) in [4.78, 5) is 13.3. The van der Waals surface area contributed by atoms with Gasteiger partial charge in [-0.25, -0.2) is 4.79 Å². The average molecular weight is 332 g/mol. The number of alkyl carbamates (subject to hydrolysis) is 1. The molecule has 0 bridgehead atoms. The molecule has 4 nitrogen and oxygen atoms in total. The molecule has 1 amide bonds. The van der Waals surface area contributed by atoms with Crippen LogP contribution in [0.25, 0.3) is 10.9 Å². The van der Waals surface area contributed by atoms with Crippen LogP contribution in [-0.2, 0) is 17.7 Å². The van der Waals surface area contributed by atoms with E-state index in [1.807, 2.05) is 39.5 Å². The van der Waals surface area contributed by atoms with Crippen LogP contribution in [0.3, 0.4) is 0 Å². The number of fused-ring (bicyclic) bond motifs is 3. The minimum Gasteiger partial charge on any atom is -0.444 e. The van der Waals surface area contributed by atoms with E-state index in [2.05, 4.69) is 34.3 Å². The Morgan fingerprint density at radius 1 is 1.39 bits per heavy atom. The number of benzene rings is 1. The molecule has 2 aromatic rings. The van der Waals surface area contributed by atoms with Gasteiger partial charge in [-0.05, 0) is 57.2 Å². The monoisotopic (exact) mass is 332 g/mol. The molecule has 0 aliphatic carbocycles. The molecule has 1 atom stereocenters. The van der Waals surface area contributed by atoms with E-state index in [9.17, 15) is 4.79 Å². The smallest absolute Gasteiger partial charge is 0.407 e. The van der Waals surface area contributed by atoms with Crippen LogP contribution < -0.4 is 5.32 Å². The van der Waals surface area contributed by atoms with Crippen molar-refractivity contribution in [2.75, 3.05) is 5.75 Å². The fourth-order valence-electron chi connectivity index (χ4n) is 3.00. The summed E-state index contributed by atoms with van der Waals surface area (Å²) in [7, 11) is 0. The van der Waals surface area contributed by atoms with Crippen molar-refractivity contribution in [3.63, 3.8) is 0 Å². The highest BCUT2D eigenvalue weighted by atomic mass is 32.2. The summed E-state index contributed by atoms with van der Waals surface area (Å²) in [5.41, 5.74) is 2.29. The third-order valence-corrected chi connectivity index (χ3v) is 4.94. The summed E-state index contributed by atoms with van der Waals surface area (Å²) < 4.78 is 7.58. The van der Waals surface area contributed by atoms with Crippen LogP contribution in [0.15, 0.2) is 29.3 Å². The lowest BCUT2D eigenvalue weighted by Gasteiger charge is -2.22. The second-order valence-electron chi connectivity index (χ2n) is 7.09. The van der Waals surface area contributed by atoms with Gasteiger partial charge in [-0.3, -0.25) is 0 Å². The van der Waals surface area contributed by atoms with Crippen molar-refractivity contribution in [1.82, 2.24) is 9.88 Å². The standard InChI is InChI=1S/C18H24N2O2S/c1-12(19-17(21)22-18(2,3)4)11-20-9-7-13-5-6-15-14(16(13)20)8-10-23-15/h5-7,9,12H,8,10-11H2,1-4H3,(H,19,21)/t12-/m0/s1. The Morgan fingerprint density at radius 2 is 2.17 bits per heavy atom. The van der Waals surface area contributed by atoms with E-state index >= 15 is 0 Å². The van der Waals surface area contributed by atoms with Crippen molar-refractivity contribution in [2.24, 2.45) is 0 Å². The largest absolute Gasteiger partial charge is 0.444 e. The van der Waals surface area contributed by atoms with E-state index in [4.69, 9.17) is 4.74 Å². The maximum Gasteiger partial charge on any atom is 0.407 e. The Kier molecular flexibility index (Phi) is 4.32. The first kappa shape index (κ1) is 16.2. The minimum absolute atomic E-state index is 0.00497. The molecule has 0 radical (unpaired) electrons. The number of rotatable bonds is 3. The highest BCUT2D eigenvalue weighted by Gasteiger charge is 2.20. The first-order chi connectivity index (χ1) is 10.8. The van der Waals surface area contributed by atoms with E-state index in [0.29, 0.717) is 0 Å². The molecular formula is C18H24N2O2S. The lowest BCUT2D eigenvalue weighted by molar-refractivity contribution is 0.0504. The molecule has 0 fully saturated rings. The molecule has 1 aromatic heterocycles. The first-order valence-electron chi connectivity index (χ1n) is 8.06. The van der Waals surface area contributed by atoms with Crippen molar-refractivity contribution in [2.45, 2.75) is 57.2 Å². The number of carbonyl (C=O) groups excluding carboxylic acids is 1. The van der Waals surface area contributed by atoms with Crippen LogP contribution in [0.5, 0.6) is 0 Å². The molecule has 0 spiro atoms. The maximum atomic E-state index is 11.9. The van der Waals surface area contributed by atoms with E-state index in [0.717, 1.165) is 18.7 Å². The molecule has 3 rings (SSSR count). The van der Waals surface area contributed by atoms with Crippen LogP contribution in [0, 0.1) is 0 Å². The topological polar surface area (TPSA) is 43.3 Å². The third kappa shape index (κ3) is 3.66. The summed E-state index contributed by atoms with van der Waals surface area (Å²) in [5.74, 6) is 1.16. The molecule has 0 unspecified atom stereocenters. The van der Waals surface area contributed by atoms with E-state index in [-0.39, 0.29) is 12.1 Å². The third-order valence-electron chi connectivity index (χ3n) is 3.84. The Labute approximate surface area is 141 Å². The van der Waals surface area contributed by atoms with Gasteiger partial charge in [0.15, 0.2) is 0 Å². The Morgan fingerprint density at radius 3 is 2.91 bits per heavy atom. The van der Waals surface area contributed by atoms with Gasteiger partial charge in [0.05, 0.1) is 5.52 Å². The Hall–Kier alpha value is -1.62. The number of nitrogens with one attached hydrogen (secondary N) is 1. The second kappa shape index (κ2) is 6.11. The summed E-state index contributed by atoms with van der Waals surface area (Å²) in [6, 6.07) is 6.57. The molecule has 1 N–H and O–H groups in total. The van der Waals surface area contributed by atoms with Crippen LogP contribution in [0.1, 0.15) is 33.3 Å². The zero-order valence-corrected chi connectivity index (χ0v) is 15.0. The SMILES string of the molecule is C[C@@H](Cn1ccc2ccc3c(c21)CCS3)NC(=O)OC(C)(C)C. The van der Waals surface area contributed by atoms with Crippen molar-refractivity contribution >= 4 is 28.8 Å². The number of aromatic nitrogens is 1. The van der Waals surface area contributed by atoms with Gasteiger partial charge in [0.1, 0.15) is 5.60 Å². The summed E-state index contributed by atoms with van der Waals surface area (Å²) >= 11 is 1.93. The number of carbonyl (C=O) groups is 1. The fourth-order valence-corrected chi connectivity index (χ4v) is 4.06. The summed E-state index contributed by atoms with van der Waals surface area (Å²) in [6.07, 6.45) is 2.87. The Bertz CT molecular complexity index is 730. The molecule has 1 aromatic carbocycles. The van der Waals surface area contributed by atoms with Crippen LogP contribution in [-0.4, -0.2) is 28.1 Å². The van der Waals surface area contributed by atoms with Crippen LogP contribution in [0.2, 0.25) is 0 Å². The molecule has 1 aliphatic rings. The number of thioether (sulfide) groups is 1. The van der Waals surface area contributed by atoms with E-state index in [1.54, 1.807) is 0 Å². The van der Waals surface area contributed by atoms with E-state index < -0.39 is 5.60 Å². The minimum atomic E-state index is -0.470. The predicted molar refractivity (Wildman–Crippen MR) is 95.2 cm³/mol. The molecule has 124 valence electrons. The highest BCUT2D eigenvalue weighted by Crippen LogP contribution is 2.36. The Balaban J connectivity index is 1.74. The molecule has 0 saturated carbocycles. The van der Waals surface area contributed by atoms with Gasteiger partial charge in [-0.2, -0.15) is 0 Å². The van der Waals surface area contributed by atoms with Gasteiger partial charge in [0.25, 0.3) is 0 Å². The van der Waals surface area contributed by atoms with Crippen molar-refractivity contribution in [1.29, 1.82) is 0 Å². The van der Waals surface area contributed by atoms with Crippen molar-refractivity contribution in [3.05, 3.63) is 30.0 Å². The summed E-state index contributed by atoms with van der Waals surface area (Å²) in [6.45, 7) is 8.37. The normalized spacial score (nSPS) is 15.5. The molecule has 1 aliphatic heterocycles. The zero-order chi connectivity index (χ0) is 16.6. The van der Waals surface area contributed by atoms with Gasteiger partial charge in [0, 0.05) is 29.4 Å². The van der Waals surface area contributed by atoms with Gasteiger partial charge in [0.2, 0.25) is 0 Å². The van der Waals surface area contributed by atoms with Crippen LogP contribution in [0.4, 0.5) is 4.79 Å². The predicted octanol–water partition coefficient (Wildman–Crippen LogP) is 4.20. The van der Waals surface area contributed by atoms with Gasteiger partial charge in [-0.1, -0.05) is 6.07 Å². The number of hydrogen-bond donors (Lipinski definition) is 1. The maximum absolute atomic E-state index is 11.9. The molecule has 2 heterocycles. The number of ether oxygens (including phenoxy) is 1. The molecule has 5 heteroatoms. The highest BCUT2D eigenvalue weighted by molar-refractivity contribution is 7.99. The van der Waals surface area contributed by atoms with Crippen molar-refractivity contribution < 1.29 is 9.53 Å². The van der Waals surface area contributed by atoms with Gasteiger partial charge < -0.3 is 14.6 Å². The fraction of sp³-hybridized carbons (Fsp3) is 0.500. The quantitative estimate of drug-likeness (QED) is 0.916. The number of hydrogen-bond acceptors (Lipinski definition) is 3. The first-order valence-corrected chi connectivity index (χ1v) is 9.05. The van der Waals surface area contributed by atoms with Gasteiger partial charge >= 0.3 is 6.09 Å². The average Bonchev–Trinajstić information content (AvgIpc) is 3.01. The van der Waals surface area contributed by atoms with E-state index in [1.165, 1.54) is 21.4 Å². The number of nitrogens with zero attached hydrogens (tertiary/aromatic N) is 1. The van der Waals surface area contributed by atoms with Gasteiger partial charge in [-0.15, -0.1) is 11.8 Å². The molecule has 0 saturated heterocycles. The zero-order valence-electron chi connectivity index (χ0n) is 14.2. The summed E-state index contributed by atoms with van der Waals surface area (Å²) in [5, 5.41) is 4.19. The lowest BCUT2D eigenvalue weighted by Crippen LogP contribution is -2.39.